The van der Waals surface area contributed by atoms with Crippen molar-refractivity contribution in [3.8, 4) is 6.07 Å². The van der Waals surface area contributed by atoms with Gasteiger partial charge >= 0.3 is 0 Å². The maximum atomic E-state index is 12.0. The van der Waals surface area contributed by atoms with Crippen LogP contribution >= 0.6 is 0 Å². The van der Waals surface area contributed by atoms with Crippen LogP contribution in [-0.4, -0.2) is 44.0 Å². The molecular weight excluding hydrogens is 252 g/mol. The molecule has 1 aromatic rings. The Hall–Kier alpha value is -1.90. The summed E-state index contributed by atoms with van der Waals surface area (Å²) in [6.07, 6.45) is 1.14. The lowest BCUT2D eigenvalue weighted by molar-refractivity contribution is -0.117. The predicted molar refractivity (Wildman–Crippen MR) is 78.3 cm³/mol. The van der Waals surface area contributed by atoms with Crippen LogP contribution < -0.4 is 10.6 Å². The first-order valence-electron chi connectivity index (χ1n) is 6.88. The van der Waals surface area contributed by atoms with E-state index in [1.54, 1.807) is 24.3 Å². The molecule has 1 aliphatic heterocycles. The first-order valence-corrected chi connectivity index (χ1v) is 6.88. The largest absolute Gasteiger partial charge is 0.325 e. The van der Waals surface area contributed by atoms with Gasteiger partial charge in [-0.1, -0.05) is 0 Å². The molecule has 1 heterocycles. The van der Waals surface area contributed by atoms with Gasteiger partial charge in [0.2, 0.25) is 5.91 Å². The fraction of sp³-hybridized carbons (Fsp3) is 0.467. The van der Waals surface area contributed by atoms with Gasteiger partial charge in [0.1, 0.15) is 0 Å². The molecular formula is C15H20N4O. The molecule has 5 nitrogen and oxygen atoms in total. The summed E-state index contributed by atoms with van der Waals surface area (Å²) in [4.78, 5) is 14.1. The minimum Gasteiger partial charge on any atom is -0.325 e. The number of nitrogens with one attached hydrogen (secondary N) is 2. The highest BCUT2D eigenvalue weighted by atomic mass is 16.2. The summed E-state index contributed by atoms with van der Waals surface area (Å²) in [5, 5.41) is 14.8. The number of nitriles is 1. The standard InChI is InChI=1S/C15H20N4O/c1-17-9-13-6-7-19(10-13)11-15(20)18-14-4-2-12(8-16)3-5-14/h2-5,13,17H,6-7,9-11H2,1H3,(H,18,20). The zero-order valence-corrected chi connectivity index (χ0v) is 11.7. The Morgan fingerprint density at radius 3 is 2.85 bits per heavy atom. The zero-order valence-electron chi connectivity index (χ0n) is 11.7. The van der Waals surface area contributed by atoms with Crippen molar-refractivity contribution < 1.29 is 4.79 Å². The number of anilines is 1. The fourth-order valence-corrected chi connectivity index (χ4v) is 2.54. The first-order chi connectivity index (χ1) is 9.71. The van der Waals surface area contributed by atoms with Crippen LogP contribution in [0.4, 0.5) is 5.69 Å². The van der Waals surface area contributed by atoms with E-state index >= 15 is 0 Å². The number of likely N-dealkylation sites (tertiary alicyclic amines) is 1. The Balaban J connectivity index is 1.79. The lowest BCUT2D eigenvalue weighted by atomic mass is 10.1. The van der Waals surface area contributed by atoms with Gasteiger partial charge in [-0.25, -0.2) is 0 Å². The van der Waals surface area contributed by atoms with Gasteiger partial charge < -0.3 is 10.6 Å². The number of hydrogen-bond acceptors (Lipinski definition) is 4. The number of rotatable bonds is 5. The normalized spacial score (nSPS) is 18.7. The quantitative estimate of drug-likeness (QED) is 0.840. The van der Waals surface area contributed by atoms with Crippen LogP contribution in [0.3, 0.4) is 0 Å². The topological polar surface area (TPSA) is 68.2 Å². The molecule has 0 spiro atoms. The summed E-state index contributed by atoms with van der Waals surface area (Å²) in [7, 11) is 1.96. The summed E-state index contributed by atoms with van der Waals surface area (Å²) in [5.41, 5.74) is 1.33. The second-order valence-electron chi connectivity index (χ2n) is 5.18. The third-order valence-electron chi connectivity index (χ3n) is 3.53. The van der Waals surface area contributed by atoms with E-state index in [1.807, 2.05) is 7.05 Å². The molecule has 20 heavy (non-hydrogen) atoms. The van der Waals surface area contributed by atoms with Gasteiger partial charge in [-0.3, -0.25) is 9.69 Å². The fourth-order valence-electron chi connectivity index (χ4n) is 2.54. The monoisotopic (exact) mass is 272 g/mol. The van der Waals surface area contributed by atoms with Crippen LogP contribution in [0.1, 0.15) is 12.0 Å². The summed E-state index contributed by atoms with van der Waals surface area (Å²) < 4.78 is 0. The molecule has 5 heteroatoms. The van der Waals surface area contributed by atoms with Crippen molar-refractivity contribution >= 4 is 11.6 Å². The third-order valence-corrected chi connectivity index (χ3v) is 3.53. The van der Waals surface area contributed by atoms with Crippen LogP contribution in [0.2, 0.25) is 0 Å². The van der Waals surface area contributed by atoms with Crippen molar-refractivity contribution in [1.29, 1.82) is 5.26 Å². The highest BCUT2D eigenvalue weighted by Gasteiger charge is 2.23. The molecule has 2 N–H and O–H groups in total. The number of amides is 1. The summed E-state index contributed by atoms with van der Waals surface area (Å²) >= 11 is 0. The predicted octanol–water partition coefficient (Wildman–Crippen LogP) is 1.04. The molecule has 2 rings (SSSR count). The van der Waals surface area contributed by atoms with Gasteiger partial charge in [-0.05, 0) is 56.7 Å². The smallest absolute Gasteiger partial charge is 0.238 e. The summed E-state index contributed by atoms with van der Waals surface area (Å²) in [6.45, 7) is 3.39. The summed E-state index contributed by atoms with van der Waals surface area (Å²) in [6, 6.07) is 8.97. The molecule has 1 atom stereocenters. The van der Waals surface area contributed by atoms with E-state index in [2.05, 4.69) is 21.6 Å². The Kier molecular flexibility index (Phi) is 5.10. The molecule has 0 saturated carbocycles. The van der Waals surface area contributed by atoms with Crippen molar-refractivity contribution in [2.75, 3.05) is 38.5 Å². The molecule has 1 amide bonds. The van der Waals surface area contributed by atoms with E-state index in [9.17, 15) is 4.79 Å². The van der Waals surface area contributed by atoms with E-state index in [0.29, 0.717) is 18.0 Å². The second kappa shape index (κ2) is 7.04. The SMILES string of the molecule is CNCC1CCN(CC(=O)Nc2ccc(C#N)cc2)C1. The first kappa shape index (κ1) is 14.5. The van der Waals surface area contributed by atoms with Crippen molar-refractivity contribution in [2.45, 2.75) is 6.42 Å². The van der Waals surface area contributed by atoms with E-state index < -0.39 is 0 Å². The summed E-state index contributed by atoms with van der Waals surface area (Å²) in [5.74, 6) is 0.641. The minimum atomic E-state index is -0.000171. The Bertz CT molecular complexity index is 492. The van der Waals surface area contributed by atoms with Gasteiger partial charge in [-0.15, -0.1) is 0 Å². The van der Waals surface area contributed by atoms with Crippen LogP contribution in [0.25, 0.3) is 0 Å². The maximum absolute atomic E-state index is 12.0. The molecule has 0 aromatic heterocycles. The van der Waals surface area contributed by atoms with Crippen molar-refractivity contribution in [3.63, 3.8) is 0 Å². The second-order valence-corrected chi connectivity index (χ2v) is 5.18. The molecule has 0 bridgehead atoms. The van der Waals surface area contributed by atoms with Crippen LogP contribution in [0, 0.1) is 17.2 Å². The van der Waals surface area contributed by atoms with Gasteiger partial charge in [0.05, 0.1) is 18.2 Å². The van der Waals surface area contributed by atoms with Crippen LogP contribution in [0.15, 0.2) is 24.3 Å². The van der Waals surface area contributed by atoms with Gasteiger partial charge in [0, 0.05) is 12.2 Å². The van der Waals surface area contributed by atoms with Gasteiger partial charge in [0.15, 0.2) is 0 Å². The van der Waals surface area contributed by atoms with E-state index in [0.717, 1.165) is 31.7 Å². The van der Waals surface area contributed by atoms with Crippen molar-refractivity contribution in [2.24, 2.45) is 5.92 Å². The van der Waals surface area contributed by atoms with Gasteiger partial charge in [0.25, 0.3) is 0 Å². The Morgan fingerprint density at radius 2 is 2.20 bits per heavy atom. The third kappa shape index (κ3) is 4.05. The maximum Gasteiger partial charge on any atom is 0.238 e. The lowest BCUT2D eigenvalue weighted by Crippen LogP contribution is -2.32. The minimum absolute atomic E-state index is 0.000171. The van der Waals surface area contributed by atoms with Crippen LogP contribution in [0.5, 0.6) is 0 Å². The van der Waals surface area contributed by atoms with E-state index in [4.69, 9.17) is 5.26 Å². The van der Waals surface area contributed by atoms with Crippen LogP contribution in [-0.2, 0) is 4.79 Å². The molecule has 106 valence electrons. The van der Waals surface area contributed by atoms with E-state index in [1.165, 1.54) is 0 Å². The molecule has 1 aliphatic rings. The highest BCUT2D eigenvalue weighted by molar-refractivity contribution is 5.92. The molecule has 0 radical (unpaired) electrons. The average molecular weight is 272 g/mol. The Labute approximate surface area is 119 Å². The number of hydrogen-bond donors (Lipinski definition) is 2. The molecule has 1 fully saturated rings. The number of benzene rings is 1. The van der Waals surface area contributed by atoms with E-state index in [-0.39, 0.29) is 5.91 Å². The number of carbonyl (C=O) groups excluding carboxylic acids is 1. The Morgan fingerprint density at radius 1 is 1.45 bits per heavy atom. The van der Waals surface area contributed by atoms with Crippen molar-refractivity contribution in [1.82, 2.24) is 10.2 Å². The number of nitrogens with zero attached hydrogens (tertiary/aromatic N) is 2. The lowest BCUT2D eigenvalue weighted by Gasteiger charge is -2.15. The molecule has 1 unspecified atom stereocenters. The number of carbonyl (C=O) groups is 1. The van der Waals surface area contributed by atoms with Gasteiger partial charge in [-0.2, -0.15) is 5.26 Å². The molecule has 1 saturated heterocycles. The average Bonchev–Trinajstić information content (AvgIpc) is 2.87. The highest BCUT2D eigenvalue weighted by Crippen LogP contribution is 2.15. The van der Waals surface area contributed by atoms with Crippen molar-refractivity contribution in [3.05, 3.63) is 29.8 Å². The molecule has 0 aliphatic carbocycles. The molecule has 1 aromatic carbocycles. The zero-order chi connectivity index (χ0) is 14.4.